The zero-order valence-corrected chi connectivity index (χ0v) is 17.2. The number of hydrogen-bond acceptors (Lipinski definition) is 4. The van der Waals surface area contributed by atoms with Crippen molar-refractivity contribution in [3.05, 3.63) is 58.1 Å². The third-order valence-corrected chi connectivity index (χ3v) is 5.83. The Hall–Kier alpha value is -2.53. The van der Waals surface area contributed by atoms with Gasteiger partial charge in [-0.2, -0.15) is 0 Å². The molecule has 0 atom stereocenters. The van der Waals surface area contributed by atoms with E-state index in [-0.39, 0.29) is 18.3 Å². The lowest BCUT2D eigenvalue weighted by Crippen LogP contribution is -2.39. The monoisotopic (exact) mass is 413 g/mol. The lowest BCUT2D eigenvalue weighted by molar-refractivity contribution is -0.121. The number of aryl methyl sites for hydroxylation is 1. The molecule has 5 nitrogen and oxygen atoms in total. The molecule has 6 heteroatoms. The van der Waals surface area contributed by atoms with Crippen molar-refractivity contribution in [1.82, 2.24) is 4.90 Å². The molecule has 1 fully saturated rings. The minimum atomic E-state index is 0.0127. The van der Waals surface area contributed by atoms with Crippen LogP contribution in [0.4, 0.5) is 0 Å². The molecule has 1 saturated heterocycles. The smallest absolute Gasteiger partial charge is 0.253 e. The number of benzene rings is 2. The van der Waals surface area contributed by atoms with Gasteiger partial charge in [-0.1, -0.05) is 11.6 Å². The van der Waals surface area contributed by atoms with Crippen molar-refractivity contribution in [2.75, 3.05) is 26.3 Å². The van der Waals surface area contributed by atoms with Crippen molar-refractivity contribution < 1.29 is 19.1 Å². The number of halogens is 1. The highest BCUT2D eigenvalue weighted by Gasteiger charge is 2.25. The molecule has 152 valence electrons. The molecular weight excluding hydrogens is 390 g/mol. The normalized spacial score (nSPS) is 16.9. The van der Waals surface area contributed by atoms with E-state index in [9.17, 15) is 9.59 Å². The Bertz CT molecular complexity index is 934. The Kier molecular flexibility index (Phi) is 5.76. The number of fused-ring (bicyclic) bond motifs is 1. The number of nitrogens with zero attached hydrogens (tertiary/aromatic N) is 1. The number of carbonyl (C=O) groups excluding carboxylic acids is 2. The molecule has 1 amide bonds. The average Bonchev–Trinajstić information content (AvgIpc) is 2.72. The summed E-state index contributed by atoms with van der Waals surface area (Å²) in [6.45, 7) is 4.16. The number of carbonyl (C=O) groups is 2. The predicted octanol–water partition coefficient (Wildman–Crippen LogP) is 4.08. The number of piperidine rings is 1. The number of ketones is 1. The van der Waals surface area contributed by atoms with Gasteiger partial charge in [-0.3, -0.25) is 9.59 Å². The maximum absolute atomic E-state index is 12.9. The van der Waals surface area contributed by atoms with E-state index in [4.69, 9.17) is 21.1 Å². The summed E-state index contributed by atoms with van der Waals surface area (Å²) in [4.78, 5) is 26.4. The Morgan fingerprint density at radius 3 is 2.76 bits per heavy atom. The van der Waals surface area contributed by atoms with Crippen molar-refractivity contribution in [3.8, 4) is 11.5 Å². The molecule has 2 aromatic carbocycles. The van der Waals surface area contributed by atoms with Crippen LogP contribution in [-0.4, -0.2) is 42.9 Å². The fraction of sp³-hybridized carbons (Fsp3) is 0.391. The lowest BCUT2D eigenvalue weighted by atomic mass is 9.96. The van der Waals surface area contributed by atoms with Crippen LogP contribution in [0.15, 0.2) is 36.4 Å². The highest BCUT2D eigenvalue weighted by molar-refractivity contribution is 6.30. The molecule has 0 N–H and O–H groups in total. The van der Waals surface area contributed by atoms with E-state index in [1.54, 1.807) is 18.2 Å². The van der Waals surface area contributed by atoms with Crippen LogP contribution in [0, 0.1) is 12.8 Å². The molecule has 2 aromatic rings. The molecule has 4 rings (SSSR count). The molecule has 2 aliphatic rings. The Morgan fingerprint density at radius 1 is 1.21 bits per heavy atom. The van der Waals surface area contributed by atoms with Crippen LogP contribution in [0.1, 0.15) is 34.3 Å². The highest BCUT2D eigenvalue weighted by Crippen LogP contribution is 2.27. The van der Waals surface area contributed by atoms with E-state index in [0.29, 0.717) is 48.4 Å². The number of hydrogen-bond donors (Lipinski definition) is 0. The maximum atomic E-state index is 12.9. The Balaban J connectivity index is 1.32. The highest BCUT2D eigenvalue weighted by atomic mass is 35.5. The number of amides is 1. The fourth-order valence-corrected chi connectivity index (χ4v) is 4.11. The number of Topliss-reactive ketones (excluding diaryl/α,β-unsaturated/α-hetero) is 1. The van der Waals surface area contributed by atoms with Crippen LogP contribution in [0.5, 0.6) is 11.5 Å². The first kappa shape index (κ1) is 19.8. The van der Waals surface area contributed by atoms with Gasteiger partial charge in [-0.05, 0) is 67.6 Å². The lowest BCUT2D eigenvalue weighted by Gasteiger charge is -2.32. The zero-order valence-electron chi connectivity index (χ0n) is 16.4. The van der Waals surface area contributed by atoms with Crippen molar-refractivity contribution in [2.24, 2.45) is 5.92 Å². The van der Waals surface area contributed by atoms with Gasteiger partial charge in [0.05, 0.1) is 6.61 Å². The summed E-state index contributed by atoms with van der Waals surface area (Å²) in [5, 5.41) is 0.708. The Morgan fingerprint density at radius 2 is 2.00 bits per heavy atom. The van der Waals surface area contributed by atoms with E-state index in [2.05, 4.69) is 0 Å². The van der Waals surface area contributed by atoms with Crippen LogP contribution in [-0.2, 0) is 11.2 Å². The van der Waals surface area contributed by atoms with Crippen LogP contribution >= 0.6 is 11.6 Å². The van der Waals surface area contributed by atoms with Gasteiger partial charge in [0.15, 0.2) is 5.78 Å². The molecule has 0 saturated carbocycles. The van der Waals surface area contributed by atoms with Crippen molar-refractivity contribution in [3.63, 3.8) is 0 Å². The average molecular weight is 414 g/mol. The quantitative estimate of drug-likeness (QED) is 0.757. The maximum Gasteiger partial charge on any atom is 0.253 e. The molecule has 29 heavy (non-hydrogen) atoms. The molecule has 0 aromatic heterocycles. The molecule has 2 aliphatic heterocycles. The molecule has 0 radical (unpaired) electrons. The minimum absolute atomic E-state index is 0.0127. The first-order valence-electron chi connectivity index (χ1n) is 9.95. The van der Waals surface area contributed by atoms with E-state index >= 15 is 0 Å². The zero-order chi connectivity index (χ0) is 20.4. The molecule has 0 unspecified atom stereocenters. The van der Waals surface area contributed by atoms with Gasteiger partial charge in [0.25, 0.3) is 5.91 Å². The molecular formula is C23H24ClNO4. The molecule has 0 aliphatic carbocycles. The summed E-state index contributed by atoms with van der Waals surface area (Å²) in [7, 11) is 0. The van der Waals surface area contributed by atoms with E-state index in [0.717, 1.165) is 29.7 Å². The van der Waals surface area contributed by atoms with Crippen molar-refractivity contribution in [1.29, 1.82) is 0 Å². The second-order valence-corrected chi connectivity index (χ2v) is 8.22. The number of ether oxygens (including phenoxy) is 2. The summed E-state index contributed by atoms with van der Waals surface area (Å²) in [6.07, 6.45) is 2.15. The minimum Gasteiger partial charge on any atom is -0.493 e. The van der Waals surface area contributed by atoms with Gasteiger partial charge in [-0.25, -0.2) is 0 Å². The Labute approximate surface area is 175 Å². The molecule has 2 heterocycles. The van der Waals surface area contributed by atoms with Gasteiger partial charge in [0.2, 0.25) is 0 Å². The summed E-state index contributed by atoms with van der Waals surface area (Å²) in [6, 6.07) is 11.0. The SMILES string of the molecule is Cc1cc(Cl)ccc1OCC1CCN(C(=O)c2ccc3c(c2)CC(=O)CO3)CC1. The van der Waals surface area contributed by atoms with Crippen LogP contribution < -0.4 is 9.47 Å². The van der Waals surface area contributed by atoms with Crippen LogP contribution in [0.3, 0.4) is 0 Å². The van der Waals surface area contributed by atoms with E-state index < -0.39 is 0 Å². The first-order chi connectivity index (χ1) is 14.0. The topological polar surface area (TPSA) is 55.8 Å². The molecule has 0 spiro atoms. The van der Waals surface area contributed by atoms with Crippen LogP contribution in [0.25, 0.3) is 0 Å². The second-order valence-electron chi connectivity index (χ2n) is 7.78. The third-order valence-electron chi connectivity index (χ3n) is 5.60. The van der Waals surface area contributed by atoms with E-state index in [1.165, 1.54) is 0 Å². The molecule has 0 bridgehead atoms. The van der Waals surface area contributed by atoms with Gasteiger partial charge in [0.1, 0.15) is 18.1 Å². The fourth-order valence-electron chi connectivity index (χ4n) is 3.88. The largest absolute Gasteiger partial charge is 0.493 e. The van der Waals surface area contributed by atoms with Gasteiger partial charge < -0.3 is 14.4 Å². The summed E-state index contributed by atoms with van der Waals surface area (Å²) >= 11 is 5.99. The summed E-state index contributed by atoms with van der Waals surface area (Å²) in [5.74, 6) is 2.04. The number of likely N-dealkylation sites (tertiary alicyclic amines) is 1. The first-order valence-corrected chi connectivity index (χ1v) is 10.3. The van der Waals surface area contributed by atoms with Gasteiger partial charge >= 0.3 is 0 Å². The van der Waals surface area contributed by atoms with Gasteiger partial charge in [-0.15, -0.1) is 0 Å². The van der Waals surface area contributed by atoms with E-state index in [1.807, 2.05) is 30.0 Å². The standard InChI is InChI=1S/C23H24ClNO4/c1-15-10-19(24)3-5-21(15)28-13-16-6-8-25(9-7-16)23(27)17-2-4-22-18(11-17)12-20(26)14-29-22/h2-5,10-11,16H,6-9,12-14H2,1H3. The predicted molar refractivity (Wildman–Crippen MR) is 111 cm³/mol. The third kappa shape index (κ3) is 4.56. The summed E-state index contributed by atoms with van der Waals surface area (Å²) in [5.41, 5.74) is 2.45. The second kappa shape index (κ2) is 8.46. The van der Waals surface area contributed by atoms with Crippen molar-refractivity contribution in [2.45, 2.75) is 26.2 Å². The van der Waals surface area contributed by atoms with Gasteiger partial charge in [0, 0.05) is 35.7 Å². The van der Waals surface area contributed by atoms with Crippen LogP contribution in [0.2, 0.25) is 5.02 Å². The number of rotatable bonds is 4. The summed E-state index contributed by atoms with van der Waals surface area (Å²) < 4.78 is 11.4. The van der Waals surface area contributed by atoms with Crippen molar-refractivity contribution >= 4 is 23.3 Å².